The standard InChI is InChI=1S/C16H15BrN2OS/c1-9-6-10(2)18-11(9)7-12-14(20-3)8-13(19-12)15-4-5-16(17)21-15/h4-8,18H,1-3H3/b12-7-. The molecule has 2 aromatic rings. The summed E-state index contributed by atoms with van der Waals surface area (Å²) in [4.78, 5) is 9.16. The van der Waals surface area contributed by atoms with Crippen LogP contribution in [0, 0.1) is 13.8 Å². The SMILES string of the molecule is COC1=CC(c2ccc(Br)s2)=N/C1=C\c1[nH]c(C)cc1C. The zero-order valence-electron chi connectivity index (χ0n) is 12.0. The summed E-state index contributed by atoms with van der Waals surface area (Å²) in [6, 6.07) is 6.21. The number of aromatic nitrogens is 1. The summed E-state index contributed by atoms with van der Waals surface area (Å²) in [6.07, 6.45) is 4.02. The molecule has 1 aliphatic rings. The van der Waals surface area contributed by atoms with Gasteiger partial charge in [0, 0.05) is 17.5 Å². The molecule has 0 amide bonds. The molecule has 0 atom stereocenters. The van der Waals surface area contributed by atoms with Gasteiger partial charge in [-0.1, -0.05) is 0 Å². The van der Waals surface area contributed by atoms with Crippen LogP contribution >= 0.6 is 27.3 Å². The Morgan fingerprint density at radius 2 is 2.14 bits per heavy atom. The molecule has 0 aliphatic carbocycles. The first kappa shape index (κ1) is 14.4. The summed E-state index contributed by atoms with van der Waals surface area (Å²) < 4.78 is 6.56. The van der Waals surface area contributed by atoms with Crippen molar-refractivity contribution >= 4 is 39.1 Å². The zero-order valence-corrected chi connectivity index (χ0v) is 14.4. The molecule has 0 spiro atoms. The number of nitrogens with one attached hydrogen (secondary N) is 1. The van der Waals surface area contributed by atoms with Crippen LogP contribution < -0.4 is 0 Å². The van der Waals surface area contributed by atoms with E-state index >= 15 is 0 Å². The van der Waals surface area contributed by atoms with Gasteiger partial charge in [0.1, 0.15) is 11.5 Å². The van der Waals surface area contributed by atoms with Crippen molar-refractivity contribution < 1.29 is 4.74 Å². The van der Waals surface area contributed by atoms with Crippen molar-refractivity contribution in [3.63, 3.8) is 0 Å². The van der Waals surface area contributed by atoms with Crippen molar-refractivity contribution in [1.82, 2.24) is 4.98 Å². The maximum atomic E-state index is 5.46. The number of halogens is 1. The third-order valence-corrected chi connectivity index (χ3v) is 4.92. The highest BCUT2D eigenvalue weighted by atomic mass is 79.9. The van der Waals surface area contributed by atoms with Gasteiger partial charge in [-0.15, -0.1) is 11.3 Å². The van der Waals surface area contributed by atoms with Gasteiger partial charge in [0.2, 0.25) is 0 Å². The average Bonchev–Trinajstić information content (AvgIpc) is 3.10. The molecule has 1 aliphatic heterocycles. The Labute approximate surface area is 136 Å². The topological polar surface area (TPSA) is 37.4 Å². The number of aryl methyl sites for hydroxylation is 2. The fraction of sp³-hybridized carbons (Fsp3) is 0.188. The van der Waals surface area contributed by atoms with Crippen LogP contribution in [-0.4, -0.2) is 17.8 Å². The number of nitrogens with zero attached hydrogens (tertiary/aromatic N) is 1. The lowest BCUT2D eigenvalue weighted by atomic mass is 10.2. The molecule has 0 saturated carbocycles. The Hall–Kier alpha value is -1.59. The third kappa shape index (κ3) is 2.89. The number of hydrogen-bond acceptors (Lipinski definition) is 3. The molecular weight excluding hydrogens is 348 g/mol. The Bertz CT molecular complexity index is 780. The molecule has 0 radical (unpaired) electrons. The minimum absolute atomic E-state index is 0.793. The monoisotopic (exact) mass is 362 g/mol. The first-order valence-electron chi connectivity index (χ1n) is 6.55. The van der Waals surface area contributed by atoms with Crippen molar-refractivity contribution in [1.29, 1.82) is 0 Å². The molecule has 0 saturated heterocycles. The van der Waals surface area contributed by atoms with E-state index in [4.69, 9.17) is 9.73 Å². The van der Waals surface area contributed by atoms with E-state index in [2.05, 4.69) is 46.9 Å². The van der Waals surface area contributed by atoms with E-state index in [0.717, 1.165) is 37.2 Å². The highest BCUT2D eigenvalue weighted by Crippen LogP contribution is 2.30. The summed E-state index contributed by atoms with van der Waals surface area (Å²) in [5, 5.41) is 0. The van der Waals surface area contributed by atoms with E-state index in [0.29, 0.717) is 0 Å². The second kappa shape index (κ2) is 5.66. The van der Waals surface area contributed by atoms with Gasteiger partial charge >= 0.3 is 0 Å². The number of aromatic amines is 1. The second-order valence-corrected chi connectivity index (χ2v) is 7.36. The molecule has 5 heteroatoms. The summed E-state index contributed by atoms with van der Waals surface area (Å²) in [6.45, 7) is 4.14. The van der Waals surface area contributed by atoms with Gasteiger partial charge < -0.3 is 9.72 Å². The predicted octanol–water partition coefficient (Wildman–Crippen LogP) is 4.83. The average molecular weight is 363 g/mol. The first-order chi connectivity index (χ1) is 10.1. The molecule has 0 bridgehead atoms. The Morgan fingerprint density at radius 3 is 2.71 bits per heavy atom. The fourth-order valence-corrected chi connectivity index (χ4v) is 3.64. The third-order valence-electron chi connectivity index (χ3n) is 3.28. The van der Waals surface area contributed by atoms with E-state index in [1.807, 2.05) is 18.2 Å². The fourth-order valence-electron chi connectivity index (χ4n) is 2.30. The molecular formula is C16H15BrN2OS. The quantitative estimate of drug-likeness (QED) is 0.833. The van der Waals surface area contributed by atoms with E-state index in [-0.39, 0.29) is 0 Å². The molecule has 0 aromatic carbocycles. The van der Waals surface area contributed by atoms with Crippen LogP contribution in [0.3, 0.4) is 0 Å². The van der Waals surface area contributed by atoms with E-state index in [1.165, 1.54) is 5.56 Å². The Morgan fingerprint density at radius 1 is 1.33 bits per heavy atom. The van der Waals surface area contributed by atoms with Gasteiger partial charge in [-0.05, 0) is 59.6 Å². The number of rotatable bonds is 3. The molecule has 2 aromatic heterocycles. The normalized spacial score (nSPS) is 16.3. The lowest BCUT2D eigenvalue weighted by Gasteiger charge is -2.01. The zero-order chi connectivity index (χ0) is 15.0. The highest BCUT2D eigenvalue weighted by Gasteiger charge is 2.18. The number of hydrogen-bond donors (Lipinski definition) is 1. The number of thiophene rings is 1. The van der Waals surface area contributed by atoms with Crippen LogP contribution in [0.25, 0.3) is 6.08 Å². The summed E-state index contributed by atoms with van der Waals surface area (Å²) in [5.41, 5.74) is 5.21. The molecule has 0 fully saturated rings. The number of H-pyrrole nitrogens is 1. The van der Waals surface area contributed by atoms with Crippen LogP contribution in [0.1, 0.15) is 21.8 Å². The van der Waals surface area contributed by atoms with Crippen molar-refractivity contribution in [2.45, 2.75) is 13.8 Å². The molecule has 1 N–H and O–H groups in total. The minimum Gasteiger partial charge on any atom is -0.494 e. The maximum absolute atomic E-state index is 5.46. The smallest absolute Gasteiger partial charge is 0.146 e. The van der Waals surface area contributed by atoms with Crippen LogP contribution in [0.2, 0.25) is 0 Å². The van der Waals surface area contributed by atoms with E-state index in [1.54, 1.807) is 18.4 Å². The lowest BCUT2D eigenvalue weighted by molar-refractivity contribution is 0.303. The van der Waals surface area contributed by atoms with E-state index in [9.17, 15) is 0 Å². The molecule has 108 valence electrons. The van der Waals surface area contributed by atoms with Gasteiger partial charge in [-0.25, -0.2) is 4.99 Å². The molecule has 3 rings (SSSR count). The first-order valence-corrected chi connectivity index (χ1v) is 8.16. The van der Waals surface area contributed by atoms with Crippen molar-refractivity contribution in [2.24, 2.45) is 4.99 Å². The van der Waals surface area contributed by atoms with Gasteiger partial charge in [-0.2, -0.15) is 0 Å². The number of methoxy groups -OCH3 is 1. The largest absolute Gasteiger partial charge is 0.494 e. The number of ether oxygens (including phenoxy) is 1. The van der Waals surface area contributed by atoms with Crippen molar-refractivity contribution in [2.75, 3.05) is 7.11 Å². The molecule has 3 nitrogen and oxygen atoms in total. The van der Waals surface area contributed by atoms with Crippen LogP contribution in [0.5, 0.6) is 0 Å². The Balaban J connectivity index is 2.00. The second-order valence-electron chi connectivity index (χ2n) is 4.89. The maximum Gasteiger partial charge on any atom is 0.146 e. The molecule has 3 heterocycles. The predicted molar refractivity (Wildman–Crippen MR) is 91.9 cm³/mol. The highest BCUT2D eigenvalue weighted by molar-refractivity contribution is 9.11. The van der Waals surface area contributed by atoms with Gasteiger partial charge in [-0.3, -0.25) is 0 Å². The van der Waals surface area contributed by atoms with E-state index < -0.39 is 0 Å². The van der Waals surface area contributed by atoms with Crippen LogP contribution in [-0.2, 0) is 4.74 Å². The number of aliphatic imine (C=N–C) groups is 1. The summed E-state index contributed by atoms with van der Waals surface area (Å²) in [7, 11) is 1.68. The van der Waals surface area contributed by atoms with Gasteiger partial charge in [0.05, 0.1) is 21.5 Å². The van der Waals surface area contributed by atoms with Gasteiger partial charge in [0.15, 0.2) is 0 Å². The molecule has 0 unspecified atom stereocenters. The minimum atomic E-state index is 0.793. The number of allylic oxidation sites excluding steroid dienone is 1. The van der Waals surface area contributed by atoms with Crippen molar-refractivity contribution in [3.05, 3.63) is 61.3 Å². The summed E-state index contributed by atoms with van der Waals surface area (Å²) in [5.74, 6) is 0.793. The van der Waals surface area contributed by atoms with Gasteiger partial charge in [0.25, 0.3) is 0 Å². The summed E-state index contributed by atoms with van der Waals surface area (Å²) >= 11 is 5.15. The Kier molecular flexibility index (Phi) is 3.87. The van der Waals surface area contributed by atoms with Crippen LogP contribution in [0.15, 0.2) is 44.5 Å². The molecule has 21 heavy (non-hydrogen) atoms. The van der Waals surface area contributed by atoms with Crippen LogP contribution in [0.4, 0.5) is 0 Å². The van der Waals surface area contributed by atoms with Crippen molar-refractivity contribution in [3.8, 4) is 0 Å². The lowest BCUT2D eigenvalue weighted by Crippen LogP contribution is -1.88.